The lowest BCUT2D eigenvalue weighted by Gasteiger charge is -2.11. The lowest BCUT2D eigenvalue weighted by atomic mass is 10.0. The van der Waals surface area contributed by atoms with Crippen LogP contribution in [0.4, 0.5) is 0 Å². The predicted octanol–water partition coefficient (Wildman–Crippen LogP) is 4.89. The Morgan fingerprint density at radius 2 is 1.32 bits per heavy atom. The van der Waals surface area contributed by atoms with Crippen LogP contribution in [-0.2, 0) is 0 Å². The Balaban J connectivity index is 2.04. The van der Waals surface area contributed by atoms with Crippen LogP contribution in [0.15, 0.2) is 59.5 Å². The van der Waals surface area contributed by atoms with Crippen molar-refractivity contribution in [1.29, 1.82) is 0 Å². The van der Waals surface area contributed by atoms with Gasteiger partial charge in [0, 0.05) is 21.9 Å². The highest BCUT2D eigenvalue weighted by atomic mass is 32.2. The van der Waals surface area contributed by atoms with Gasteiger partial charge >= 0.3 is 0 Å². The second kappa shape index (κ2) is 7.41. The summed E-state index contributed by atoms with van der Waals surface area (Å²) in [4.78, 5) is 25.2. The van der Waals surface area contributed by atoms with Gasteiger partial charge in [-0.05, 0) is 19.1 Å². The molecular formula is C19H20O2S. The number of ketones is 2. The number of rotatable bonds is 6. The summed E-state index contributed by atoms with van der Waals surface area (Å²) in [5.74, 6) is 0.259. The Morgan fingerprint density at radius 3 is 1.86 bits per heavy atom. The van der Waals surface area contributed by atoms with Crippen molar-refractivity contribution in [3.05, 3.63) is 65.7 Å². The summed E-state index contributed by atoms with van der Waals surface area (Å²) in [6.07, 6.45) is 0. The number of hydrogen-bond acceptors (Lipinski definition) is 3. The van der Waals surface area contributed by atoms with E-state index in [0.717, 1.165) is 16.0 Å². The molecule has 2 rings (SSSR count). The maximum Gasteiger partial charge on any atom is 0.175 e. The van der Waals surface area contributed by atoms with Gasteiger partial charge < -0.3 is 0 Å². The highest BCUT2D eigenvalue weighted by Crippen LogP contribution is 2.26. The van der Waals surface area contributed by atoms with Crippen LogP contribution >= 0.6 is 11.8 Å². The SMILES string of the molecule is CC(C)C(=O)c1ccc(SC(C)C(=O)c2ccccc2)cc1. The van der Waals surface area contributed by atoms with Crippen molar-refractivity contribution >= 4 is 23.3 Å². The van der Waals surface area contributed by atoms with E-state index in [-0.39, 0.29) is 22.7 Å². The van der Waals surface area contributed by atoms with Crippen LogP contribution in [0.5, 0.6) is 0 Å². The number of hydrogen-bond donors (Lipinski definition) is 0. The average Bonchev–Trinajstić information content (AvgIpc) is 2.54. The third-order valence-corrected chi connectivity index (χ3v) is 4.52. The van der Waals surface area contributed by atoms with E-state index in [4.69, 9.17) is 0 Å². The number of Topliss-reactive ketones (excluding diaryl/α,β-unsaturated/α-hetero) is 2. The molecule has 0 N–H and O–H groups in total. The smallest absolute Gasteiger partial charge is 0.175 e. The van der Waals surface area contributed by atoms with Gasteiger partial charge in [0.05, 0.1) is 5.25 Å². The Kier molecular flexibility index (Phi) is 5.56. The Morgan fingerprint density at radius 1 is 0.773 bits per heavy atom. The molecule has 0 aliphatic heterocycles. The van der Waals surface area contributed by atoms with Crippen molar-refractivity contribution in [2.24, 2.45) is 5.92 Å². The van der Waals surface area contributed by atoms with Crippen molar-refractivity contribution < 1.29 is 9.59 Å². The van der Waals surface area contributed by atoms with Crippen molar-refractivity contribution in [3.63, 3.8) is 0 Å². The molecule has 0 aromatic heterocycles. The molecule has 0 heterocycles. The predicted molar refractivity (Wildman–Crippen MR) is 91.7 cm³/mol. The third kappa shape index (κ3) is 4.08. The van der Waals surface area contributed by atoms with Gasteiger partial charge in [0.15, 0.2) is 11.6 Å². The van der Waals surface area contributed by atoms with Crippen molar-refractivity contribution in [3.8, 4) is 0 Å². The van der Waals surface area contributed by atoms with Gasteiger partial charge in [0.1, 0.15) is 0 Å². The molecule has 0 saturated heterocycles. The Bertz CT molecular complexity index is 645. The van der Waals surface area contributed by atoms with Gasteiger partial charge in [-0.25, -0.2) is 0 Å². The normalized spacial score (nSPS) is 12.2. The largest absolute Gasteiger partial charge is 0.294 e. The summed E-state index contributed by atoms with van der Waals surface area (Å²) in [6.45, 7) is 5.70. The average molecular weight is 312 g/mol. The minimum atomic E-state index is -0.158. The second-order valence-corrected chi connectivity index (χ2v) is 6.95. The van der Waals surface area contributed by atoms with E-state index in [1.807, 2.05) is 75.4 Å². The molecule has 3 heteroatoms. The summed E-state index contributed by atoms with van der Waals surface area (Å²) in [7, 11) is 0. The van der Waals surface area contributed by atoms with E-state index in [9.17, 15) is 9.59 Å². The van der Waals surface area contributed by atoms with E-state index in [2.05, 4.69) is 0 Å². The quantitative estimate of drug-likeness (QED) is 0.562. The van der Waals surface area contributed by atoms with Crippen molar-refractivity contribution in [2.45, 2.75) is 30.9 Å². The van der Waals surface area contributed by atoms with Crippen LogP contribution in [0.3, 0.4) is 0 Å². The van der Waals surface area contributed by atoms with E-state index in [0.29, 0.717) is 0 Å². The summed E-state index contributed by atoms with van der Waals surface area (Å²) >= 11 is 1.51. The topological polar surface area (TPSA) is 34.1 Å². The van der Waals surface area contributed by atoms with E-state index < -0.39 is 0 Å². The van der Waals surface area contributed by atoms with Crippen LogP contribution in [0, 0.1) is 5.92 Å². The maximum atomic E-state index is 12.3. The first kappa shape index (κ1) is 16.5. The lowest BCUT2D eigenvalue weighted by molar-refractivity contribution is 0.0938. The fourth-order valence-corrected chi connectivity index (χ4v) is 3.07. The highest BCUT2D eigenvalue weighted by Gasteiger charge is 2.16. The molecule has 0 bridgehead atoms. The molecule has 1 unspecified atom stereocenters. The highest BCUT2D eigenvalue weighted by molar-refractivity contribution is 8.00. The van der Waals surface area contributed by atoms with Crippen LogP contribution < -0.4 is 0 Å². The summed E-state index contributed by atoms with van der Waals surface area (Å²) in [6, 6.07) is 16.8. The molecule has 2 nitrogen and oxygen atoms in total. The van der Waals surface area contributed by atoms with Crippen LogP contribution in [-0.4, -0.2) is 16.8 Å². The zero-order valence-electron chi connectivity index (χ0n) is 13.1. The zero-order chi connectivity index (χ0) is 16.1. The molecule has 1 atom stereocenters. The Hall–Kier alpha value is -1.87. The van der Waals surface area contributed by atoms with Crippen molar-refractivity contribution in [1.82, 2.24) is 0 Å². The van der Waals surface area contributed by atoms with Crippen LogP contribution in [0.1, 0.15) is 41.5 Å². The summed E-state index contributed by atoms with van der Waals surface area (Å²) in [5, 5.41) is -0.158. The fraction of sp³-hybridized carbons (Fsp3) is 0.263. The molecule has 0 fully saturated rings. The first-order chi connectivity index (χ1) is 10.5. The van der Waals surface area contributed by atoms with Crippen molar-refractivity contribution in [2.75, 3.05) is 0 Å². The molecule has 0 aliphatic carbocycles. The first-order valence-corrected chi connectivity index (χ1v) is 8.27. The fourth-order valence-electron chi connectivity index (χ4n) is 2.13. The van der Waals surface area contributed by atoms with Gasteiger partial charge in [-0.1, -0.05) is 56.3 Å². The number of thioether (sulfide) groups is 1. The Labute approximate surface area is 135 Å². The molecule has 0 spiro atoms. The minimum absolute atomic E-state index is 0.00270. The molecule has 0 aliphatic rings. The van der Waals surface area contributed by atoms with E-state index >= 15 is 0 Å². The molecule has 0 saturated carbocycles. The molecule has 22 heavy (non-hydrogen) atoms. The third-order valence-electron chi connectivity index (χ3n) is 3.40. The van der Waals surface area contributed by atoms with Gasteiger partial charge in [-0.15, -0.1) is 11.8 Å². The lowest BCUT2D eigenvalue weighted by Crippen LogP contribution is -2.13. The molecule has 2 aromatic carbocycles. The standard InChI is InChI=1S/C19H20O2S/c1-13(2)18(20)16-9-11-17(12-10-16)22-14(3)19(21)15-7-5-4-6-8-15/h4-14H,1-3H3. The summed E-state index contributed by atoms with van der Waals surface area (Å²) < 4.78 is 0. The van der Waals surface area contributed by atoms with Gasteiger partial charge in [-0.2, -0.15) is 0 Å². The molecule has 0 amide bonds. The number of carbonyl (C=O) groups excluding carboxylic acids is 2. The molecule has 2 aromatic rings. The number of carbonyl (C=O) groups is 2. The second-order valence-electron chi connectivity index (χ2n) is 5.53. The van der Waals surface area contributed by atoms with Gasteiger partial charge in [0.2, 0.25) is 0 Å². The zero-order valence-corrected chi connectivity index (χ0v) is 13.9. The molecular weight excluding hydrogens is 292 g/mol. The van der Waals surface area contributed by atoms with Crippen LogP contribution in [0.2, 0.25) is 0 Å². The monoisotopic (exact) mass is 312 g/mol. The van der Waals surface area contributed by atoms with Crippen LogP contribution in [0.25, 0.3) is 0 Å². The molecule has 114 valence electrons. The molecule has 0 radical (unpaired) electrons. The first-order valence-electron chi connectivity index (χ1n) is 7.39. The summed E-state index contributed by atoms with van der Waals surface area (Å²) in [5.41, 5.74) is 1.45. The van der Waals surface area contributed by atoms with E-state index in [1.165, 1.54) is 11.8 Å². The number of benzene rings is 2. The van der Waals surface area contributed by atoms with Gasteiger partial charge in [0.25, 0.3) is 0 Å². The van der Waals surface area contributed by atoms with E-state index in [1.54, 1.807) is 0 Å². The maximum absolute atomic E-state index is 12.3. The minimum Gasteiger partial charge on any atom is -0.294 e. The van der Waals surface area contributed by atoms with Gasteiger partial charge in [-0.3, -0.25) is 9.59 Å².